The quantitative estimate of drug-likeness (QED) is 0.361. The summed E-state index contributed by atoms with van der Waals surface area (Å²) in [6, 6.07) is 0. The Morgan fingerprint density at radius 2 is 2.06 bits per heavy atom. The van der Waals surface area contributed by atoms with Crippen molar-refractivity contribution in [2.24, 2.45) is 4.99 Å². The number of hydrogen-bond donors (Lipinski definition) is 0. The van der Waals surface area contributed by atoms with Gasteiger partial charge in [-0.2, -0.15) is 0 Å². The summed E-state index contributed by atoms with van der Waals surface area (Å²) in [4.78, 5) is 15.7. The number of ether oxygens (including phenoxy) is 2. The molecule has 90 valence electrons. The Kier molecular flexibility index (Phi) is 8.29. The van der Waals surface area contributed by atoms with E-state index in [0.717, 1.165) is 0 Å². The topological polar surface area (TPSA) is 47.9 Å². The molecule has 0 atom stereocenters. The third-order valence-electron chi connectivity index (χ3n) is 2.01. The van der Waals surface area contributed by atoms with E-state index >= 15 is 0 Å². The summed E-state index contributed by atoms with van der Waals surface area (Å²) in [5, 5.41) is 0. The first-order valence-corrected chi connectivity index (χ1v) is 5.09. The van der Waals surface area contributed by atoms with Crippen LogP contribution in [0.5, 0.6) is 0 Å². The highest BCUT2D eigenvalue weighted by Crippen LogP contribution is 2.08. The number of allylic oxidation sites excluding steroid dienone is 3. The summed E-state index contributed by atoms with van der Waals surface area (Å²) in [5.74, 6) is -0.0281. The molecule has 0 saturated heterocycles. The average Bonchev–Trinajstić information content (AvgIpc) is 2.31. The summed E-state index contributed by atoms with van der Waals surface area (Å²) in [5.41, 5.74) is 0.436. The SMILES string of the molecule is C=CC=N/C(=C\C)C(=O)CCC(OC)OC. The second kappa shape index (κ2) is 9.00. The van der Waals surface area contributed by atoms with Gasteiger partial charge in [-0.25, -0.2) is 0 Å². The summed E-state index contributed by atoms with van der Waals surface area (Å²) < 4.78 is 9.99. The van der Waals surface area contributed by atoms with Crippen molar-refractivity contribution in [3.8, 4) is 0 Å². The highest BCUT2D eigenvalue weighted by atomic mass is 16.7. The van der Waals surface area contributed by atoms with Gasteiger partial charge in [0.05, 0.1) is 0 Å². The average molecular weight is 225 g/mol. The number of carbonyl (C=O) groups excluding carboxylic acids is 1. The summed E-state index contributed by atoms with van der Waals surface area (Å²) in [7, 11) is 3.09. The van der Waals surface area contributed by atoms with Crippen LogP contribution in [-0.4, -0.2) is 32.5 Å². The lowest BCUT2D eigenvalue weighted by Crippen LogP contribution is -2.15. The summed E-state index contributed by atoms with van der Waals surface area (Å²) in [6.45, 7) is 5.27. The summed E-state index contributed by atoms with van der Waals surface area (Å²) >= 11 is 0. The van der Waals surface area contributed by atoms with Crippen LogP contribution in [0.1, 0.15) is 19.8 Å². The van der Waals surface area contributed by atoms with Gasteiger partial charge in [-0.15, -0.1) is 0 Å². The predicted octanol–water partition coefficient (Wildman–Crippen LogP) is 2.12. The molecule has 0 aliphatic heterocycles. The first-order chi connectivity index (χ1) is 7.69. The maximum Gasteiger partial charge on any atom is 0.181 e. The molecule has 0 radical (unpaired) electrons. The van der Waals surface area contributed by atoms with E-state index in [4.69, 9.17) is 9.47 Å². The van der Waals surface area contributed by atoms with Gasteiger partial charge < -0.3 is 9.47 Å². The zero-order valence-electron chi connectivity index (χ0n) is 10.1. The third-order valence-corrected chi connectivity index (χ3v) is 2.01. The standard InChI is InChI=1S/C12H19NO3/c1-5-9-13-10(6-2)11(14)7-8-12(15-3)16-4/h5-6,9,12H,1,7-8H2,2-4H3/b10-6-,13-9?. The Balaban J connectivity index is 4.23. The summed E-state index contributed by atoms with van der Waals surface area (Å²) in [6.07, 6.45) is 5.23. The maximum atomic E-state index is 11.7. The molecule has 0 heterocycles. The first kappa shape index (κ1) is 14.7. The van der Waals surface area contributed by atoms with Gasteiger partial charge in [-0.3, -0.25) is 9.79 Å². The van der Waals surface area contributed by atoms with E-state index in [1.165, 1.54) is 12.3 Å². The van der Waals surface area contributed by atoms with Gasteiger partial charge in [0.1, 0.15) is 5.70 Å². The molecule has 0 rings (SSSR count). The van der Waals surface area contributed by atoms with Gasteiger partial charge in [0, 0.05) is 33.3 Å². The number of hydrogen-bond acceptors (Lipinski definition) is 4. The fourth-order valence-corrected chi connectivity index (χ4v) is 1.15. The molecule has 0 aromatic carbocycles. The van der Waals surface area contributed by atoms with Crippen molar-refractivity contribution in [2.75, 3.05) is 14.2 Å². The van der Waals surface area contributed by atoms with Gasteiger partial charge in [0.25, 0.3) is 0 Å². The number of methoxy groups -OCH3 is 2. The molecule has 4 heteroatoms. The van der Waals surface area contributed by atoms with Crippen LogP contribution < -0.4 is 0 Å². The minimum absolute atomic E-state index is 0.0281. The molecule has 0 aliphatic rings. The molecule has 0 amide bonds. The smallest absolute Gasteiger partial charge is 0.181 e. The second-order valence-electron chi connectivity index (χ2n) is 3.05. The van der Waals surface area contributed by atoms with Gasteiger partial charge in [0.15, 0.2) is 12.1 Å². The molecule has 4 nitrogen and oxygen atoms in total. The number of carbonyl (C=O) groups is 1. The van der Waals surface area contributed by atoms with E-state index in [0.29, 0.717) is 18.5 Å². The Bertz CT molecular complexity index is 278. The van der Waals surface area contributed by atoms with E-state index < -0.39 is 0 Å². The molecule has 0 unspecified atom stereocenters. The Morgan fingerprint density at radius 3 is 2.50 bits per heavy atom. The van der Waals surface area contributed by atoms with Gasteiger partial charge in [-0.05, 0) is 6.92 Å². The monoisotopic (exact) mass is 225 g/mol. The van der Waals surface area contributed by atoms with Crippen molar-refractivity contribution in [1.82, 2.24) is 0 Å². The van der Waals surface area contributed by atoms with E-state index in [2.05, 4.69) is 11.6 Å². The highest BCUT2D eigenvalue weighted by molar-refractivity contribution is 5.96. The van der Waals surface area contributed by atoms with E-state index in [1.807, 2.05) is 0 Å². The molecule has 16 heavy (non-hydrogen) atoms. The van der Waals surface area contributed by atoms with E-state index in [1.54, 1.807) is 27.2 Å². The molecular weight excluding hydrogens is 206 g/mol. The van der Waals surface area contributed by atoms with Crippen LogP contribution in [0.2, 0.25) is 0 Å². The maximum absolute atomic E-state index is 11.7. The number of nitrogens with zero attached hydrogens (tertiary/aromatic N) is 1. The molecule has 0 N–H and O–H groups in total. The lowest BCUT2D eigenvalue weighted by atomic mass is 10.1. The normalized spacial score (nSPS) is 12.4. The molecule has 0 aliphatic carbocycles. The van der Waals surface area contributed by atoms with Crippen LogP contribution in [0.3, 0.4) is 0 Å². The first-order valence-electron chi connectivity index (χ1n) is 5.09. The van der Waals surface area contributed by atoms with Crippen LogP contribution in [0.25, 0.3) is 0 Å². The molecule has 0 spiro atoms. The number of aliphatic imine (C=N–C) groups is 1. The van der Waals surface area contributed by atoms with Crippen LogP contribution in [0.15, 0.2) is 29.4 Å². The van der Waals surface area contributed by atoms with Crippen molar-refractivity contribution in [1.29, 1.82) is 0 Å². The van der Waals surface area contributed by atoms with Gasteiger partial charge in [0.2, 0.25) is 0 Å². The van der Waals surface area contributed by atoms with Gasteiger partial charge in [-0.1, -0.05) is 18.7 Å². The Labute approximate surface area is 96.7 Å². The zero-order valence-corrected chi connectivity index (χ0v) is 10.1. The Hall–Kier alpha value is -1.26. The molecule has 0 bridgehead atoms. The molecule has 0 saturated carbocycles. The van der Waals surface area contributed by atoms with Crippen molar-refractivity contribution in [3.63, 3.8) is 0 Å². The number of ketones is 1. The largest absolute Gasteiger partial charge is 0.356 e. The predicted molar refractivity (Wildman–Crippen MR) is 64.5 cm³/mol. The highest BCUT2D eigenvalue weighted by Gasteiger charge is 2.11. The number of rotatable bonds is 8. The second-order valence-corrected chi connectivity index (χ2v) is 3.05. The fraction of sp³-hybridized carbons (Fsp3) is 0.500. The van der Waals surface area contributed by atoms with Gasteiger partial charge >= 0.3 is 0 Å². The third kappa shape index (κ3) is 5.58. The lowest BCUT2D eigenvalue weighted by Gasteiger charge is -2.12. The van der Waals surface area contributed by atoms with E-state index in [9.17, 15) is 4.79 Å². The minimum Gasteiger partial charge on any atom is -0.356 e. The van der Waals surface area contributed by atoms with Crippen LogP contribution in [0.4, 0.5) is 0 Å². The van der Waals surface area contributed by atoms with Crippen molar-refractivity contribution in [3.05, 3.63) is 24.4 Å². The van der Waals surface area contributed by atoms with Crippen LogP contribution >= 0.6 is 0 Å². The fourth-order valence-electron chi connectivity index (χ4n) is 1.15. The van der Waals surface area contributed by atoms with Crippen molar-refractivity contribution >= 4 is 12.0 Å². The van der Waals surface area contributed by atoms with Crippen molar-refractivity contribution in [2.45, 2.75) is 26.1 Å². The lowest BCUT2D eigenvalue weighted by molar-refractivity contribution is -0.124. The molecule has 0 aromatic rings. The van der Waals surface area contributed by atoms with E-state index in [-0.39, 0.29) is 12.1 Å². The molecular formula is C12H19NO3. The Morgan fingerprint density at radius 1 is 1.44 bits per heavy atom. The van der Waals surface area contributed by atoms with Crippen LogP contribution in [0, 0.1) is 0 Å². The molecule has 0 aromatic heterocycles. The zero-order chi connectivity index (χ0) is 12.4. The number of Topliss-reactive ketones (excluding diaryl/α,β-unsaturated/α-hetero) is 1. The minimum atomic E-state index is -0.342. The van der Waals surface area contributed by atoms with Crippen molar-refractivity contribution < 1.29 is 14.3 Å². The molecule has 0 fully saturated rings. The van der Waals surface area contributed by atoms with Crippen LogP contribution in [-0.2, 0) is 14.3 Å².